The van der Waals surface area contributed by atoms with Crippen molar-refractivity contribution >= 4 is 22.1 Å². The van der Waals surface area contributed by atoms with Gasteiger partial charge in [-0.3, -0.25) is 4.68 Å². The number of hydrogen-bond donors (Lipinski definition) is 0. The maximum absolute atomic E-state index is 5.45. The molecule has 0 saturated heterocycles. The van der Waals surface area contributed by atoms with E-state index in [1.807, 2.05) is 53.1 Å². The number of nitrogens with zero attached hydrogens (tertiary/aromatic N) is 6. The van der Waals surface area contributed by atoms with E-state index in [9.17, 15) is 0 Å². The van der Waals surface area contributed by atoms with Crippen molar-refractivity contribution in [1.82, 2.24) is 29.5 Å². The number of fused-ring (bicyclic) bond motifs is 1. The molecule has 31 heavy (non-hydrogen) atoms. The van der Waals surface area contributed by atoms with Gasteiger partial charge < -0.3 is 4.74 Å². The predicted octanol–water partition coefficient (Wildman–Crippen LogP) is 4.75. The zero-order valence-corrected chi connectivity index (χ0v) is 18.2. The van der Waals surface area contributed by atoms with Gasteiger partial charge in [0.2, 0.25) is 5.82 Å². The Labute approximate surface area is 184 Å². The average Bonchev–Trinajstić information content (AvgIpc) is 3.53. The zero-order valence-electron chi connectivity index (χ0n) is 17.4. The summed E-state index contributed by atoms with van der Waals surface area (Å²) in [7, 11) is 0. The average molecular weight is 431 g/mol. The van der Waals surface area contributed by atoms with E-state index in [1.165, 1.54) is 5.39 Å². The van der Waals surface area contributed by atoms with Crippen LogP contribution < -0.4 is 0 Å². The minimum atomic E-state index is 0.614. The van der Waals surface area contributed by atoms with Gasteiger partial charge in [-0.25, -0.2) is 14.6 Å². The molecule has 3 aromatic heterocycles. The van der Waals surface area contributed by atoms with E-state index in [2.05, 4.69) is 40.4 Å². The first-order valence-corrected chi connectivity index (χ1v) is 11.1. The third-order valence-corrected chi connectivity index (χ3v) is 5.91. The minimum absolute atomic E-state index is 0.614. The Morgan fingerprint density at radius 1 is 1.06 bits per heavy atom. The highest BCUT2D eigenvalue weighted by molar-refractivity contribution is 7.13. The van der Waals surface area contributed by atoms with E-state index < -0.39 is 0 Å². The van der Waals surface area contributed by atoms with Crippen molar-refractivity contribution in [3.63, 3.8) is 0 Å². The van der Waals surface area contributed by atoms with Crippen LogP contribution >= 0.6 is 11.3 Å². The molecule has 0 spiro atoms. The molecule has 0 aliphatic rings. The van der Waals surface area contributed by atoms with Crippen LogP contribution in [-0.4, -0.2) is 42.7 Å². The Bertz CT molecular complexity index is 1330. The molecule has 8 heteroatoms. The van der Waals surface area contributed by atoms with Crippen molar-refractivity contribution < 1.29 is 4.74 Å². The number of ether oxygens (including phenoxy) is 1. The number of aryl methyl sites for hydroxylation is 1. The molecule has 0 amide bonds. The highest BCUT2D eigenvalue weighted by Gasteiger charge is 2.18. The first kappa shape index (κ1) is 19.6. The second-order valence-electron chi connectivity index (χ2n) is 7.19. The van der Waals surface area contributed by atoms with Crippen LogP contribution in [0.5, 0.6) is 0 Å². The molecule has 0 saturated carbocycles. The van der Waals surface area contributed by atoms with E-state index in [0.717, 1.165) is 33.2 Å². The van der Waals surface area contributed by atoms with Crippen molar-refractivity contribution in [2.45, 2.75) is 20.4 Å². The van der Waals surface area contributed by atoms with Crippen LogP contribution in [0.4, 0.5) is 0 Å². The summed E-state index contributed by atoms with van der Waals surface area (Å²) in [5.74, 6) is 1.35. The summed E-state index contributed by atoms with van der Waals surface area (Å²) in [6, 6.07) is 14.6. The largest absolute Gasteiger partial charge is 0.380 e. The van der Waals surface area contributed by atoms with Crippen LogP contribution in [0.15, 0.2) is 60.2 Å². The van der Waals surface area contributed by atoms with E-state index in [1.54, 1.807) is 11.3 Å². The van der Waals surface area contributed by atoms with Crippen LogP contribution in [0, 0.1) is 6.92 Å². The van der Waals surface area contributed by atoms with Crippen LogP contribution in [0.2, 0.25) is 0 Å². The molecular weight excluding hydrogens is 408 g/mol. The lowest BCUT2D eigenvalue weighted by Crippen LogP contribution is -2.05. The normalized spacial score (nSPS) is 11.4. The van der Waals surface area contributed by atoms with Gasteiger partial charge in [0.05, 0.1) is 30.6 Å². The SMILES string of the molecule is CCOCCn1cc(-c2nc(-c3nc(C)cs3)nn2-c2ccc3ccccc3c2)cn1. The Balaban J connectivity index is 1.59. The molecule has 0 unspecified atom stereocenters. The summed E-state index contributed by atoms with van der Waals surface area (Å²) in [4.78, 5) is 9.42. The monoisotopic (exact) mass is 430 g/mol. The van der Waals surface area contributed by atoms with E-state index >= 15 is 0 Å². The second-order valence-corrected chi connectivity index (χ2v) is 8.04. The van der Waals surface area contributed by atoms with Gasteiger partial charge in [0.15, 0.2) is 10.8 Å². The first-order chi connectivity index (χ1) is 15.2. The van der Waals surface area contributed by atoms with Gasteiger partial charge in [-0.1, -0.05) is 30.3 Å². The van der Waals surface area contributed by atoms with Crippen molar-refractivity contribution in [3.8, 4) is 27.9 Å². The van der Waals surface area contributed by atoms with Crippen molar-refractivity contribution in [2.75, 3.05) is 13.2 Å². The lowest BCUT2D eigenvalue weighted by molar-refractivity contribution is 0.136. The van der Waals surface area contributed by atoms with Gasteiger partial charge in [-0.2, -0.15) is 5.10 Å². The van der Waals surface area contributed by atoms with Crippen LogP contribution in [0.1, 0.15) is 12.6 Å². The molecule has 156 valence electrons. The standard InChI is InChI=1S/C23H22N6OS/c1-3-30-11-10-28-14-19(13-24-28)22-26-21(23-25-16(2)15-31-23)27-29(22)20-9-8-17-6-4-5-7-18(17)12-20/h4-9,12-15H,3,10-11H2,1-2H3. The van der Waals surface area contributed by atoms with Crippen LogP contribution in [0.3, 0.4) is 0 Å². The molecular formula is C23H22N6OS. The second kappa shape index (κ2) is 8.41. The fraction of sp³-hybridized carbons (Fsp3) is 0.217. The number of benzene rings is 2. The lowest BCUT2D eigenvalue weighted by atomic mass is 10.1. The first-order valence-electron chi connectivity index (χ1n) is 10.2. The fourth-order valence-electron chi connectivity index (χ4n) is 3.44. The Kier molecular flexibility index (Phi) is 5.31. The molecule has 5 rings (SSSR count). The van der Waals surface area contributed by atoms with Gasteiger partial charge in [-0.15, -0.1) is 16.4 Å². The van der Waals surface area contributed by atoms with E-state index in [-0.39, 0.29) is 0 Å². The summed E-state index contributed by atoms with van der Waals surface area (Å²) in [6.45, 7) is 5.97. The highest BCUT2D eigenvalue weighted by atomic mass is 32.1. The van der Waals surface area contributed by atoms with Gasteiger partial charge >= 0.3 is 0 Å². The van der Waals surface area contributed by atoms with E-state index in [0.29, 0.717) is 25.6 Å². The van der Waals surface area contributed by atoms with Gasteiger partial charge in [-0.05, 0) is 36.8 Å². The number of thiazole rings is 1. The van der Waals surface area contributed by atoms with Gasteiger partial charge in [0.25, 0.3) is 0 Å². The maximum atomic E-state index is 5.45. The van der Waals surface area contributed by atoms with Gasteiger partial charge in [0, 0.05) is 23.9 Å². The van der Waals surface area contributed by atoms with Crippen molar-refractivity contribution in [1.29, 1.82) is 0 Å². The molecule has 5 aromatic rings. The predicted molar refractivity (Wildman–Crippen MR) is 122 cm³/mol. The molecule has 2 aromatic carbocycles. The zero-order chi connectivity index (χ0) is 21.2. The molecule has 0 aliphatic heterocycles. The highest BCUT2D eigenvalue weighted by Crippen LogP contribution is 2.28. The molecule has 0 radical (unpaired) electrons. The maximum Gasteiger partial charge on any atom is 0.211 e. The van der Waals surface area contributed by atoms with Crippen LogP contribution in [-0.2, 0) is 11.3 Å². The van der Waals surface area contributed by atoms with Crippen molar-refractivity contribution in [2.24, 2.45) is 0 Å². The summed E-state index contributed by atoms with van der Waals surface area (Å²) in [5, 5.41) is 14.5. The molecule has 3 heterocycles. The number of aromatic nitrogens is 6. The number of rotatable bonds is 7. The van der Waals surface area contributed by atoms with Gasteiger partial charge in [0.1, 0.15) is 0 Å². The molecule has 0 aliphatic carbocycles. The van der Waals surface area contributed by atoms with E-state index in [4.69, 9.17) is 14.8 Å². The molecule has 0 N–H and O–H groups in total. The third kappa shape index (κ3) is 3.99. The topological polar surface area (TPSA) is 70.7 Å². The summed E-state index contributed by atoms with van der Waals surface area (Å²) in [5.41, 5.74) is 2.81. The summed E-state index contributed by atoms with van der Waals surface area (Å²) < 4.78 is 9.20. The van der Waals surface area contributed by atoms with Crippen molar-refractivity contribution in [3.05, 3.63) is 65.9 Å². The quantitative estimate of drug-likeness (QED) is 0.348. The molecule has 0 bridgehead atoms. The fourth-order valence-corrected chi connectivity index (χ4v) is 4.16. The smallest absolute Gasteiger partial charge is 0.211 e. The Morgan fingerprint density at radius 2 is 1.94 bits per heavy atom. The summed E-state index contributed by atoms with van der Waals surface area (Å²) >= 11 is 1.55. The Hall–Kier alpha value is -3.36. The lowest BCUT2D eigenvalue weighted by Gasteiger charge is -2.06. The molecule has 7 nitrogen and oxygen atoms in total. The Morgan fingerprint density at radius 3 is 2.74 bits per heavy atom. The number of hydrogen-bond acceptors (Lipinski definition) is 6. The molecule has 0 atom stereocenters. The van der Waals surface area contributed by atoms with Crippen LogP contribution in [0.25, 0.3) is 38.7 Å². The minimum Gasteiger partial charge on any atom is -0.380 e. The summed E-state index contributed by atoms with van der Waals surface area (Å²) in [6.07, 6.45) is 3.81. The molecule has 0 fully saturated rings. The third-order valence-electron chi connectivity index (χ3n) is 4.96.